The molecule has 0 aliphatic carbocycles. The molecule has 0 spiro atoms. The highest BCUT2D eigenvalue weighted by Gasteiger charge is 2.15. The fourth-order valence-electron chi connectivity index (χ4n) is 1.98. The van der Waals surface area contributed by atoms with E-state index in [0.717, 1.165) is 10.2 Å². The van der Waals surface area contributed by atoms with E-state index in [1.807, 2.05) is 31.2 Å². The molecule has 2 aromatic rings. The van der Waals surface area contributed by atoms with Crippen molar-refractivity contribution in [2.75, 3.05) is 5.32 Å². The molecule has 2 aromatic carbocycles. The summed E-state index contributed by atoms with van der Waals surface area (Å²) in [5.74, 6) is -0.443. The van der Waals surface area contributed by atoms with Crippen molar-refractivity contribution in [3.05, 3.63) is 52.5 Å². The molecule has 0 aromatic heterocycles. The minimum absolute atomic E-state index is 0.0431. The van der Waals surface area contributed by atoms with Crippen LogP contribution in [0.1, 0.15) is 18.9 Å². The third kappa shape index (κ3) is 4.99. The lowest BCUT2D eigenvalue weighted by molar-refractivity contribution is -0.121. The van der Waals surface area contributed by atoms with Gasteiger partial charge in [-0.05, 0) is 42.8 Å². The molecule has 0 bridgehead atoms. The van der Waals surface area contributed by atoms with E-state index >= 15 is 0 Å². The highest BCUT2D eigenvalue weighted by molar-refractivity contribution is 9.10. The molecule has 0 saturated heterocycles. The normalized spacial score (nSPS) is 12.1. The summed E-state index contributed by atoms with van der Waals surface area (Å²) in [5, 5.41) is 25.9. The van der Waals surface area contributed by atoms with E-state index in [-0.39, 0.29) is 17.4 Å². The molecule has 7 heteroatoms. The van der Waals surface area contributed by atoms with Crippen LogP contribution >= 0.6 is 15.9 Å². The van der Waals surface area contributed by atoms with Gasteiger partial charge in [0.15, 0.2) is 0 Å². The molecule has 4 N–H and O–H groups in total. The highest BCUT2D eigenvalue weighted by atomic mass is 79.9. The summed E-state index contributed by atoms with van der Waals surface area (Å²) in [6, 6.07) is 11.2. The number of hydrogen-bond acceptors (Lipinski definition) is 5. The van der Waals surface area contributed by atoms with Gasteiger partial charge in [0.1, 0.15) is 17.5 Å². The maximum absolute atomic E-state index is 12.2. The first-order chi connectivity index (χ1) is 11.5. The number of halogens is 1. The number of phenolic OH excluding ortho intramolecular Hbond substituents is 2. The number of nitrogens with one attached hydrogen (secondary N) is 2. The van der Waals surface area contributed by atoms with Crippen LogP contribution in [0.5, 0.6) is 11.5 Å². The number of carbonyl (C=O) groups excluding carboxylic acids is 1. The minimum Gasteiger partial charge on any atom is -0.508 e. The van der Waals surface area contributed by atoms with Gasteiger partial charge in [-0.1, -0.05) is 22.9 Å². The molecule has 0 saturated carbocycles. The van der Waals surface area contributed by atoms with Crippen LogP contribution in [-0.2, 0) is 4.79 Å². The molecule has 0 fully saturated rings. The lowest BCUT2D eigenvalue weighted by Crippen LogP contribution is -2.36. The first kappa shape index (κ1) is 17.8. The molecule has 0 aliphatic heterocycles. The van der Waals surface area contributed by atoms with E-state index in [9.17, 15) is 15.0 Å². The number of phenols is 2. The van der Waals surface area contributed by atoms with Crippen LogP contribution in [0.4, 0.5) is 5.69 Å². The topological polar surface area (TPSA) is 94.0 Å². The van der Waals surface area contributed by atoms with Crippen LogP contribution in [-0.4, -0.2) is 28.4 Å². The third-order valence-electron chi connectivity index (χ3n) is 3.30. The molecular formula is C17H18BrN3O3. The second-order valence-electron chi connectivity index (χ2n) is 5.09. The number of amides is 1. The van der Waals surface area contributed by atoms with Gasteiger partial charge in [0.2, 0.25) is 0 Å². The van der Waals surface area contributed by atoms with E-state index in [4.69, 9.17) is 0 Å². The van der Waals surface area contributed by atoms with E-state index < -0.39 is 6.04 Å². The van der Waals surface area contributed by atoms with Gasteiger partial charge in [0.05, 0.1) is 6.21 Å². The number of hydrazone groups is 1. The van der Waals surface area contributed by atoms with Crippen molar-refractivity contribution in [3.8, 4) is 11.5 Å². The first-order valence-electron chi connectivity index (χ1n) is 7.36. The number of benzene rings is 2. The van der Waals surface area contributed by atoms with Crippen LogP contribution in [0.2, 0.25) is 0 Å². The summed E-state index contributed by atoms with van der Waals surface area (Å²) in [5.41, 5.74) is 3.67. The maximum atomic E-state index is 12.2. The predicted molar refractivity (Wildman–Crippen MR) is 97.4 cm³/mol. The van der Waals surface area contributed by atoms with Gasteiger partial charge in [-0.25, -0.2) is 5.43 Å². The molecule has 1 atom stereocenters. The Kier molecular flexibility index (Phi) is 6.20. The number of hydrogen-bond donors (Lipinski definition) is 4. The van der Waals surface area contributed by atoms with Crippen LogP contribution in [0.25, 0.3) is 0 Å². The Morgan fingerprint density at radius 3 is 2.58 bits per heavy atom. The van der Waals surface area contributed by atoms with E-state index in [1.54, 1.807) is 0 Å². The molecule has 24 heavy (non-hydrogen) atoms. The van der Waals surface area contributed by atoms with Crippen molar-refractivity contribution in [2.24, 2.45) is 5.10 Å². The van der Waals surface area contributed by atoms with Gasteiger partial charge in [-0.2, -0.15) is 5.10 Å². The molecule has 1 amide bonds. The van der Waals surface area contributed by atoms with Crippen LogP contribution in [0.15, 0.2) is 52.0 Å². The van der Waals surface area contributed by atoms with Crippen molar-refractivity contribution in [3.63, 3.8) is 0 Å². The molecular weight excluding hydrogens is 374 g/mol. The van der Waals surface area contributed by atoms with Crippen molar-refractivity contribution in [1.29, 1.82) is 0 Å². The SMILES string of the molecule is CCC(Nc1ccc(Br)cc1)C(=O)N/N=C/c1ccc(O)cc1O. The third-order valence-corrected chi connectivity index (χ3v) is 3.83. The summed E-state index contributed by atoms with van der Waals surface area (Å²) < 4.78 is 0.962. The van der Waals surface area contributed by atoms with Crippen LogP contribution in [0, 0.1) is 0 Å². The monoisotopic (exact) mass is 391 g/mol. The van der Waals surface area contributed by atoms with Gasteiger partial charge < -0.3 is 15.5 Å². The highest BCUT2D eigenvalue weighted by Crippen LogP contribution is 2.20. The average Bonchev–Trinajstić information content (AvgIpc) is 2.56. The maximum Gasteiger partial charge on any atom is 0.262 e. The number of aromatic hydroxyl groups is 2. The second-order valence-corrected chi connectivity index (χ2v) is 6.01. The summed E-state index contributed by atoms with van der Waals surface area (Å²) >= 11 is 3.36. The predicted octanol–water partition coefficient (Wildman–Crippen LogP) is 3.20. The van der Waals surface area contributed by atoms with Crippen LogP contribution < -0.4 is 10.7 Å². The lowest BCUT2D eigenvalue weighted by atomic mass is 10.2. The van der Waals surface area contributed by atoms with E-state index in [1.165, 1.54) is 24.4 Å². The zero-order chi connectivity index (χ0) is 17.5. The Bertz CT molecular complexity index is 732. The fourth-order valence-corrected chi connectivity index (χ4v) is 2.25. The zero-order valence-electron chi connectivity index (χ0n) is 13.0. The van der Waals surface area contributed by atoms with Gasteiger partial charge >= 0.3 is 0 Å². The summed E-state index contributed by atoms with van der Waals surface area (Å²) in [6.07, 6.45) is 1.90. The number of carbonyl (C=O) groups is 1. The Morgan fingerprint density at radius 2 is 1.96 bits per heavy atom. The lowest BCUT2D eigenvalue weighted by Gasteiger charge is -2.16. The van der Waals surface area contributed by atoms with E-state index in [2.05, 4.69) is 31.8 Å². The molecule has 0 heterocycles. The summed E-state index contributed by atoms with van der Waals surface area (Å²) in [4.78, 5) is 12.2. The molecule has 2 rings (SSSR count). The standard InChI is InChI=1S/C17H18BrN3O3/c1-2-15(20-13-6-4-12(18)5-7-13)17(24)21-19-10-11-3-8-14(22)9-16(11)23/h3-10,15,20,22-23H,2H2,1H3,(H,21,24)/b19-10+. The van der Waals surface area contributed by atoms with Gasteiger partial charge in [-0.3, -0.25) is 4.79 Å². The largest absolute Gasteiger partial charge is 0.508 e. The van der Waals surface area contributed by atoms with Crippen LogP contribution in [0.3, 0.4) is 0 Å². The Hall–Kier alpha value is -2.54. The summed E-state index contributed by atoms with van der Waals surface area (Å²) in [7, 11) is 0. The summed E-state index contributed by atoms with van der Waals surface area (Å²) in [6.45, 7) is 1.89. The van der Waals surface area contributed by atoms with Crippen molar-refractivity contribution in [2.45, 2.75) is 19.4 Å². The zero-order valence-corrected chi connectivity index (χ0v) is 14.6. The molecule has 126 valence electrons. The molecule has 1 unspecified atom stereocenters. The second kappa shape index (κ2) is 8.35. The van der Waals surface area contributed by atoms with Crippen molar-refractivity contribution in [1.82, 2.24) is 5.43 Å². The van der Waals surface area contributed by atoms with Gasteiger partial charge in [0, 0.05) is 21.8 Å². The fraction of sp³-hybridized carbons (Fsp3) is 0.176. The first-order valence-corrected chi connectivity index (χ1v) is 8.16. The molecule has 0 aliphatic rings. The Labute approximate surface area is 148 Å². The quantitative estimate of drug-likeness (QED) is 0.449. The van der Waals surface area contributed by atoms with Crippen molar-refractivity contribution < 1.29 is 15.0 Å². The Morgan fingerprint density at radius 1 is 1.25 bits per heavy atom. The molecule has 0 radical (unpaired) electrons. The van der Waals surface area contributed by atoms with Gasteiger partial charge in [0.25, 0.3) is 5.91 Å². The number of anilines is 1. The van der Waals surface area contributed by atoms with Crippen molar-refractivity contribution >= 4 is 33.7 Å². The molecule has 6 nitrogen and oxygen atoms in total. The Balaban J connectivity index is 1.96. The number of nitrogens with zero attached hydrogens (tertiary/aromatic N) is 1. The van der Waals surface area contributed by atoms with E-state index in [0.29, 0.717) is 12.0 Å². The number of rotatable bonds is 6. The van der Waals surface area contributed by atoms with Gasteiger partial charge in [-0.15, -0.1) is 0 Å². The smallest absolute Gasteiger partial charge is 0.262 e. The minimum atomic E-state index is -0.434. The average molecular weight is 392 g/mol.